The lowest BCUT2D eigenvalue weighted by Gasteiger charge is -2.35. The van der Waals surface area contributed by atoms with Crippen LogP contribution in [0.4, 0.5) is 0 Å². The maximum atomic E-state index is 12.4. The van der Waals surface area contributed by atoms with Gasteiger partial charge in [-0.2, -0.15) is 0 Å². The van der Waals surface area contributed by atoms with Gasteiger partial charge in [0.1, 0.15) is 5.76 Å². The fourth-order valence-electron chi connectivity index (χ4n) is 2.73. The Morgan fingerprint density at radius 1 is 1.27 bits per heavy atom. The van der Waals surface area contributed by atoms with Crippen molar-refractivity contribution in [1.29, 1.82) is 0 Å². The highest BCUT2D eigenvalue weighted by Crippen LogP contribution is 2.26. The molecule has 0 fully saturated rings. The lowest BCUT2D eigenvalue weighted by Crippen LogP contribution is -2.44. The first-order valence-corrected chi connectivity index (χ1v) is 8.34. The molecule has 0 aliphatic carbocycles. The molecule has 5 nitrogen and oxygen atoms in total. The first-order chi connectivity index (χ1) is 10.4. The topological polar surface area (TPSA) is 58.4 Å². The normalized spacial score (nSPS) is 12.0. The molecule has 0 saturated heterocycles. The summed E-state index contributed by atoms with van der Waals surface area (Å²) in [4.78, 5) is 14.7. The maximum absolute atomic E-state index is 12.4. The summed E-state index contributed by atoms with van der Waals surface area (Å²) >= 11 is 0. The summed E-state index contributed by atoms with van der Waals surface area (Å²) in [6.07, 6.45) is 2.82. The third-order valence-corrected chi connectivity index (χ3v) is 4.83. The van der Waals surface area contributed by atoms with E-state index < -0.39 is 0 Å². The molecule has 1 heterocycles. The zero-order chi connectivity index (χ0) is 16.8. The van der Waals surface area contributed by atoms with Crippen molar-refractivity contribution < 1.29 is 9.32 Å². The summed E-state index contributed by atoms with van der Waals surface area (Å²) in [6.45, 7) is 13.1. The molecule has 0 radical (unpaired) electrons. The molecule has 0 aromatic carbocycles. The molecule has 1 amide bonds. The van der Waals surface area contributed by atoms with Crippen LogP contribution in [0, 0.1) is 12.3 Å². The minimum absolute atomic E-state index is 0.103. The van der Waals surface area contributed by atoms with E-state index in [2.05, 4.69) is 43.2 Å². The number of nitrogens with zero attached hydrogens (tertiary/aromatic N) is 2. The van der Waals surface area contributed by atoms with Gasteiger partial charge in [0.2, 0.25) is 0 Å². The third-order valence-electron chi connectivity index (χ3n) is 4.83. The van der Waals surface area contributed by atoms with E-state index >= 15 is 0 Å². The Morgan fingerprint density at radius 2 is 1.91 bits per heavy atom. The molecule has 1 aromatic rings. The summed E-state index contributed by atoms with van der Waals surface area (Å²) < 4.78 is 5.21. The highest BCUT2D eigenvalue weighted by atomic mass is 16.5. The minimum Gasteiger partial charge on any atom is -0.360 e. The molecule has 0 aliphatic rings. The fraction of sp³-hybridized carbons (Fsp3) is 0.765. The molecular weight excluding hydrogens is 278 g/mol. The average molecular weight is 309 g/mol. The zero-order valence-electron chi connectivity index (χ0n) is 15.0. The van der Waals surface area contributed by atoms with Crippen molar-refractivity contribution in [1.82, 2.24) is 15.4 Å². The number of rotatable bonds is 9. The van der Waals surface area contributed by atoms with Gasteiger partial charge in [-0.05, 0) is 38.8 Å². The number of aryl methyl sites for hydroxylation is 1. The van der Waals surface area contributed by atoms with Gasteiger partial charge in [-0.15, -0.1) is 0 Å². The van der Waals surface area contributed by atoms with Crippen LogP contribution in [0.15, 0.2) is 4.52 Å². The van der Waals surface area contributed by atoms with E-state index in [0.29, 0.717) is 12.2 Å². The predicted octanol–water partition coefficient (Wildman–Crippen LogP) is 3.03. The van der Waals surface area contributed by atoms with Crippen LogP contribution in [0.25, 0.3) is 0 Å². The Bertz CT molecular complexity index is 478. The minimum atomic E-state index is -0.133. The lowest BCUT2D eigenvalue weighted by molar-refractivity contribution is 0.0894. The molecule has 5 heteroatoms. The summed E-state index contributed by atoms with van der Waals surface area (Å²) in [5, 5.41) is 6.98. The van der Waals surface area contributed by atoms with Gasteiger partial charge in [0.15, 0.2) is 5.69 Å². The van der Waals surface area contributed by atoms with Gasteiger partial charge in [-0.25, -0.2) is 0 Å². The molecule has 126 valence electrons. The lowest BCUT2D eigenvalue weighted by atomic mass is 9.81. The summed E-state index contributed by atoms with van der Waals surface area (Å²) in [6, 6.07) is 0. The van der Waals surface area contributed by atoms with Crippen molar-refractivity contribution in [3.05, 3.63) is 17.0 Å². The fourth-order valence-corrected chi connectivity index (χ4v) is 2.73. The Balaban J connectivity index is 2.75. The highest BCUT2D eigenvalue weighted by molar-refractivity contribution is 5.93. The Morgan fingerprint density at radius 3 is 2.36 bits per heavy atom. The summed E-state index contributed by atoms with van der Waals surface area (Å²) in [7, 11) is 2.12. The maximum Gasteiger partial charge on any atom is 0.273 e. The van der Waals surface area contributed by atoms with E-state index in [4.69, 9.17) is 4.52 Å². The number of carbonyl (C=O) groups excluding carboxylic acids is 1. The van der Waals surface area contributed by atoms with Gasteiger partial charge in [0.25, 0.3) is 5.91 Å². The van der Waals surface area contributed by atoms with Crippen molar-refractivity contribution in [3.63, 3.8) is 0 Å². The van der Waals surface area contributed by atoms with Gasteiger partial charge >= 0.3 is 0 Å². The van der Waals surface area contributed by atoms with Crippen molar-refractivity contribution in [3.8, 4) is 0 Å². The van der Waals surface area contributed by atoms with Gasteiger partial charge in [0, 0.05) is 25.1 Å². The van der Waals surface area contributed by atoms with E-state index in [-0.39, 0.29) is 11.3 Å². The van der Waals surface area contributed by atoms with Crippen LogP contribution in [-0.4, -0.2) is 42.6 Å². The average Bonchev–Trinajstić information content (AvgIpc) is 2.91. The molecule has 0 atom stereocenters. The first kappa shape index (κ1) is 18.7. The number of amides is 1. The standard InChI is InChI=1S/C17H31N3O2/c1-7-14-13(5)15(19-22-14)16(21)18-11-17(8-2,9-3)12-20(6)10-4/h7-12H2,1-6H3,(H,18,21). The largest absolute Gasteiger partial charge is 0.360 e. The van der Waals surface area contributed by atoms with Gasteiger partial charge in [-0.3, -0.25) is 4.79 Å². The summed E-state index contributed by atoms with van der Waals surface area (Å²) in [5.74, 6) is 0.652. The van der Waals surface area contributed by atoms with Gasteiger partial charge in [0.05, 0.1) is 0 Å². The Kier molecular flexibility index (Phi) is 7.07. The second-order valence-corrected chi connectivity index (χ2v) is 6.15. The van der Waals surface area contributed by atoms with Crippen LogP contribution < -0.4 is 5.32 Å². The molecule has 1 N–H and O–H groups in total. The van der Waals surface area contributed by atoms with Crippen molar-refractivity contribution in [2.24, 2.45) is 5.41 Å². The van der Waals surface area contributed by atoms with Crippen LogP contribution in [0.2, 0.25) is 0 Å². The van der Waals surface area contributed by atoms with Crippen molar-refractivity contribution in [2.75, 3.05) is 26.7 Å². The highest BCUT2D eigenvalue weighted by Gasteiger charge is 2.29. The third kappa shape index (κ3) is 4.32. The van der Waals surface area contributed by atoms with E-state index in [1.165, 1.54) is 0 Å². The van der Waals surface area contributed by atoms with Crippen LogP contribution >= 0.6 is 0 Å². The summed E-state index contributed by atoms with van der Waals surface area (Å²) in [5.41, 5.74) is 1.37. The smallest absolute Gasteiger partial charge is 0.273 e. The monoisotopic (exact) mass is 309 g/mol. The molecule has 0 bridgehead atoms. The SMILES string of the molecule is CCc1onc(C(=O)NCC(CC)(CC)CN(C)CC)c1C. The molecule has 0 unspecified atom stereocenters. The number of aromatic nitrogens is 1. The molecular formula is C17H31N3O2. The Labute approximate surface area is 134 Å². The van der Waals surface area contributed by atoms with E-state index in [1.54, 1.807) is 0 Å². The number of hydrogen-bond acceptors (Lipinski definition) is 4. The van der Waals surface area contributed by atoms with Gasteiger partial charge in [-0.1, -0.05) is 32.9 Å². The molecule has 1 aromatic heterocycles. The van der Waals surface area contributed by atoms with Crippen LogP contribution in [0.5, 0.6) is 0 Å². The van der Waals surface area contributed by atoms with Crippen molar-refractivity contribution in [2.45, 2.75) is 53.9 Å². The molecule has 22 heavy (non-hydrogen) atoms. The predicted molar refractivity (Wildman–Crippen MR) is 89.1 cm³/mol. The first-order valence-electron chi connectivity index (χ1n) is 8.34. The van der Waals surface area contributed by atoms with E-state index in [1.807, 2.05) is 13.8 Å². The molecule has 0 aliphatic heterocycles. The number of nitrogens with one attached hydrogen (secondary N) is 1. The van der Waals surface area contributed by atoms with Crippen LogP contribution in [0.3, 0.4) is 0 Å². The number of hydrogen-bond donors (Lipinski definition) is 1. The van der Waals surface area contributed by atoms with Crippen LogP contribution in [-0.2, 0) is 6.42 Å². The van der Waals surface area contributed by atoms with E-state index in [0.717, 1.165) is 43.7 Å². The van der Waals surface area contributed by atoms with E-state index in [9.17, 15) is 4.79 Å². The molecule has 0 saturated carbocycles. The second kappa shape index (κ2) is 8.32. The Hall–Kier alpha value is -1.36. The second-order valence-electron chi connectivity index (χ2n) is 6.15. The quantitative estimate of drug-likeness (QED) is 0.762. The van der Waals surface area contributed by atoms with Crippen molar-refractivity contribution >= 4 is 5.91 Å². The zero-order valence-corrected chi connectivity index (χ0v) is 15.0. The molecule has 0 spiro atoms. The van der Waals surface area contributed by atoms with Crippen LogP contribution in [0.1, 0.15) is 62.3 Å². The molecule has 1 rings (SSSR count). The number of carbonyl (C=O) groups is 1. The van der Waals surface area contributed by atoms with Gasteiger partial charge < -0.3 is 14.7 Å².